The molecule has 28 heavy (non-hydrogen) atoms. The van der Waals surface area contributed by atoms with Gasteiger partial charge in [-0.3, -0.25) is 4.79 Å². The monoisotopic (exact) mass is 380 g/mol. The van der Waals surface area contributed by atoms with Crippen LogP contribution in [0.25, 0.3) is 11.0 Å². The summed E-state index contributed by atoms with van der Waals surface area (Å²) in [5.74, 6) is 0.514. The van der Waals surface area contributed by atoms with Gasteiger partial charge in [0.2, 0.25) is 0 Å². The standard InChI is InChI=1S/C22H24N2O4/c1-13-19(27-14(2)21(25)24-10-8-15(12-23)9-11-24)7-6-17-16-4-3-5-18(16)22(26)28-20(13)17/h6-7,14-15H,3-5,8-11H2,1-2H3. The Balaban J connectivity index is 1.56. The molecule has 6 heteroatoms. The van der Waals surface area contributed by atoms with Gasteiger partial charge in [0.05, 0.1) is 6.07 Å². The van der Waals surface area contributed by atoms with Crippen LogP contribution < -0.4 is 10.4 Å². The zero-order valence-corrected chi connectivity index (χ0v) is 16.3. The van der Waals surface area contributed by atoms with E-state index in [1.807, 2.05) is 19.1 Å². The molecule has 6 nitrogen and oxygen atoms in total. The highest BCUT2D eigenvalue weighted by molar-refractivity contribution is 5.86. The van der Waals surface area contributed by atoms with E-state index in [1.165, 1.54) is 0 Å². The van der Waals surface area contributed by atoms with E-state index in [0.717, 1.165) is 41.3 Å². The van der Waals surface area contributed by atoms with Crippen molar-refractivity contribution in [2.75, 3.05) is 13.1 Å². The van der Waals surface area contributed by atoms with Crippen molar-refractivity contribution in [2.24, 2.45) is 5.92 Å². The van der Waals surface area contributed by atoms with Gasteiger partial charge in [-0.15, -0.1) is 0 Å². The second-order valence-electron chi connectivity index (χ2n) is 7.75. The Hall–Kier alpha value is -2.81. The Morgan fingerprint density at radius 2 is 2.00 bits per heavy atom. The van der Waals surface area contributed by atoms with Crippen molar-refractivity contribution in [2.45, 2.75) is 52.1 Å². The lowest BCUT2D eigenvalue weighted by molar-refractivity contribution is -0.139. The molecule has 0 spiro atoms. The maximum absolute atomic E-state index is 12.7. The van der Waals surface area contributed by atoms with Crippen LogP contribution in [0.1, 0.15) is 42.9 Å². The molecule has 1 aromatic carbocycles. The zero-order chi connectivity index (χ0) is 19.8. The van der Waals surface area contributed by atoms with Crippen LogP contribution in [-0.2, 0) is 17.6 Å². The summed E-state index contributed by atoms with van der Waals surface area (Å²) in [5, 5.41) is 9.97. The molecule has 1 amide bonds. The number of nitrogens with zero attached hydrogens (tertiary/aromatic N) is 2. The molecule has 1 fully saturated rings. The average molecular weight is 380 g/mol. The topological polar surface area (TPSA) is 83.5 Å². The summed E-state index contributed by atoms with van der Waals surface area (Å²) in [7, 11) is 0. The number of hydrogen-bond acceptors (Lipinski definition) is 5. The van der Waals surface area contributed by atoms with Gasteiger partial charge in [0.1, 0.15) is 11.3 Å². The summed E-state index contributed by atoms with van der Waals surface area (Å²) in [5.41, 5.74) is 2.92. The minimum absolute atomic E-state index is 0.0348. The van der Waals surface area contributed by atoms with Crippen LogP contribution in [0.2, 0.25) is 0 Å². The van der Waals surface area contributed by atoms with Crippen LogP contribution in [0.15, 0.2) is 21.3 Å². The van der Waals surface area contributed by atoms with Gasteiger partial charge in [0.25, 0.3) is 5.91 Å². The number of nitriles is 1. The van der Waals surface area contributed by atoms with E-state index in [-0.39, 0.29) is 17.5 Å². The van der Waals surface area contributed by atoms with E-state index in [1.54, 1.807) is 11.8 Å². The summed E-state index contributed by atoms with van der Waals surface area (Å²) >= 11 is 0. The van der Waals surface area contributed by atoms with E-state index in [9.17, 15) is 9.59 Å². The molecule has 1 aromatic heterocycles. The molecule has 0 saturated carbocycles. The SMILES string of the molecule is Cc1c(OC(C)C(=O)N2CCC(C#N)CC2)ccc2c3c(c(=O)oc12)CCC3. The van der Waals surface area contributed by atoms with Crippen LogP contribution in [0.3, 0.4) is 0 Å². The molecule has 2 aromatic rings. The van der Waals surface area contributed by atoms with E-state index >= 15 is 0 Å². The van der Waals surface area contributed by atoms with E-state index in [0.29, 0.717) is 37.3 Å². The minimum Gasteiger partial charge on any atom is -0.480 e. The molecule has 2 heterocycles. The zero-order valence-electron chi connectivity index (χ0n) is 16.3. The molecule has 1 aliphatic carbocycles. The van der Waals surface area contributed by atoms with Gasteiger partial charge in [0.15, 0.2) is 6.10 Å². The Morgan fingerprint density at radius 3 is 2.71 bits per heavy atom. The number of carbonyl (C=O) groups excluding carboxylic acids is 1. The average Bonchev–Trinajstić information content (AvgIpc) is 3.21. The fourth-order valence-corrected chi connectivity index (χ4v) is 4.32. The van der Waals surface area contributed by atoms with Crippen LogP contribution in [0.4, 0.5) is 0 Å². The van der Waals surface area contributed by atoms with Crippen molar-refractivity contribution >= 4 is 16.9 Å². The molecular formula is C22H24N2O4. The quantitative estimate of drug-likeness (QED) is 0.764. The summed E-state index contributed by atoms with van der Waals surface area (Å²) < 4.78 is 11.6. The minimum atomic E-state index is -0.643. The third-order valence-corrected chi connectivity index (χ3v) is 5.98. The van der Waals surface area contributed by atoms with Gasteiger partial charge in [0, 0.05) is 35.5 Å². The van der Waals surface area contributed by atoms with E-state index < -0.39 is 6.10 Å². The van der Waals surface area contributed by atoms with Gasteiger partial charge in [-0.2, -0.15) is 5.26 Å². The molecule has 2 aliphatic rings. The second-order valence-corrected chi connectivity index (χ2v) is 7.75. The predicted octanol–water partition coefficient (Wildman–Crippen LogP) is 3.12. The second kappa shape index (κ2) is 7.31. The highest BCUT2D eigenvalue weighted by Crippen LogP contribution is 2.33. The number of aryl methyl sites for hydroxylation is 2. The van der Waals surface area contributed by atoms with Crippen molar-refractivity contribution in [3.63, 3.8) is 0 Å². The third-order valence-electron chi connectivity index (χ3n) is 5.98. The fourth-order valence-electron chi connectivity index (χ4n) is 4.32. The normalized spacial score (nSPS) is 18.0. The van der Waals surface area contributed by atoms with Crippen LogP contribution in [0, 0.1) is 24.2 Å². The van der Waals surface area contributed by atoms with Crippen LogP contribution >= 0.6 is 0 Å². The van der Waals surface area contributed by atoms with Crippen molar-refractivity contribution in [3.8, 4) is 11.8 Å². The smallest absolute Gasteiger partial charge is 0.339 e. The van der Waals surface area contributed by atoms with Crippen molar-refractivity contribution in [1.29, 1.82) is 5.26 Å². The number of carbonyl (C=O) groups is 1. The summed E-state index contributed by atoms with van der Waals surface area (Å²) in [6.45, 7) is 4.77. The Labute approximate surface area is 163 Å². The lowest BCUT2D eigenvalue weighted by atomic mass is 9.98. The molecule has 0 radical (unpaired) electrons. The maximum Gasteiger partial charge on any atom is 0.339 e. The summed E-state index contributed by atoms with van der Waals surface area (Å²) in [6, 6.07) is 6.07. The van der Waals surface area contributed by atoms with Gasteiger partial charge in [-0.25, -0.2) is 4.79 Å². The first-order valence-corrected chi connectivity index (χ1v) is 9.92. The summed E-state index contributed by atoms with van der Waals surface area (Å²) in [6.07, 6.45) is 3.42. The molecule has 1 atom stereocenters. The van der Waals surface area contributed by atoms with Gasteiger partial charge in [-0.05, 0) is 63.6 Å². The van der Waals surface area contributed by atoms with Crippen LogP contribution in [0.5, 0.6) is 5.75 Å². The number of amides is 1. The number of rotatable bonds is 3. The molecule has 0 N–H and O–H groups in total. The first kappa shape index (κ1) is 18.5. The number of fused-ring (bicyclic) bond motifs is 3. The molecule has 1 aliphatic heterocycles. The van der Waals surface area contributed by atoms with Crippen molar-refractivity contribution in [3.05, 3.63) is 39.2 Å². The lowest BCUT2D eigenvalue weighted by Gasteiger charge is -2.31. The van der Waals surface area contributed by atoms with Crippen LogP contribution in [-0.4, -0.2) is 30.0 Å². The number of piperidine rings is 1. The molecule has 4 rings (SSSR count). The Kier molecular flexibility index (Phi) is 4.84. The molecule has 146 valence electrons. The molecular weight excluding hydrogens is 356 g/mol. The van der Waals surface area contributed by atoms with Gasteiger partial charge < -0.3 is 14.1 Å². The molecule has 1 saturated heterocycles. The van der Waals surface area contributed by atoms with Crippen molar-refractivity contribution in [1.82, 2.24) is 4.90 Å². The van der Waals surface area contributed by atoms with E-state index in [2.05, 4.69) is 6.07 Å². The number of likely N-dealkylation sites (tertiary alicyclic amines) is 1. The predicted molar refractivity (Wildman–Crippen MR) is 104 cm³/mol. The largest absolute Gasteiger partial charge is 0.480 e. The lowest BCUT2D eigenvalue weighted by Crippen LogP contribution is -2.44. The highest BCUT2D eigenvalue weighted by Gasteiger charge is 2.28. The first-order chi connectivity index (χ1) is 13.5. The molecule has 1 unspecified atom stereocenters. The van der Waals surface area contributed by atoms with Gasteiger partial charge >= 0.3 is 5.63 Å². The Bertz CT molecular complexity index is 1030. The third kappa shape index (κ3) is 3.15. The number of ether oxygens (including phenoxy) is 1. The van der Waals surface area contributed by atoms with E-state index in [4.69, 9.17) is 14.4 Å². The Morgan fingerprint density at radius 1 is 1.29 bits per heavy atom. The summed E-state index contributed by atoms with van der Waals surface area (Å²) in [4.78, 5) is 26.8. The first-order valence-electron chi connectivity index (χ1n) is 9.92. The van der Waals surface area contributed by atoms with Crippen molar-refractivity contribution < 1.29 is 13.9 Å². The van der Waals surface area contributed by atoms with Gasteiger partial charge in [-0.1, -0.05) is 0 Å². The maximum atomic E-state index is 12.7. The number of benzene rings is 1. The highest BCUT2D eigenvalue weighted by atomic mass is 16.5. The fraction of sp³-hybridized carbons (Fsp3) is 0.500. The molecule has 0 bridgehead atoms. The number of hydrogen-bond donors (Lipinski definition) is 0.